The summed E-state index contributed by atoms with van der Waals surface area (Å²) in [6, 6.07) is 6.81. The van der Waals surface area contributed by atoms with E-state index in [1.165, 1.54) is 67.1 Å². The minimum atomic E-state index is -0.272. The van der Waals surface area contributed by atoms with E-state index in [-0.39, 0.29) is 6.10 Å². The Bertz CT molecular complexity index is 712. The van der Waals surface area contributed by atoms with Crippen LogP contribution in [0.1, 0.15) is 48.9 Å². The van der Waals surface area contributed by atoms with Crippen LogP contribution in [0.25, 0.3) is 10.9 Å². The summed E-state index contributed by atoms with van der Waals surface area (Å²) in [5.74, 6) is 0. The molecule has 1 aliphatic heterocycles. The summed E-state index contributed by atoms with van der Waals surface area (Å²) < 4.78 is 2.43. The standard InChI is InChI=1S/C21H30N2O/c1-16-9-10-21-19(13-16)18-7-3-4-8-20(18)23(21)15-17(24)14-22-11-5-2-6-12-22/h9-10,13,17,24H,2-8,11-12,14-15H2,1H3/t17-/m1/s1. The first-order chi connectivity index (χ1) is 11.7. The molecule has 1 aromatic heterocycles. The Hall–Kier alpha value is -1.32. The van der Waals surface area contributed by atoms with Crippen LogP contribution in [0.4, 0.5) is 0 Å². The molecule has 2 heterocycles. The maximum absolute atomic E-state index is 10.7. The fraction of sp³-hybridized carbons (Fsp3) is 0.619. The highest BCUT2D eigenvalue weighted by Gasteiger charge is 2.22. The van der Waals surface area contributed by atoms with E-state index in [9.17, 15) is 5.11 Å². The summed E-state index contributed by atoms with van der Waals surface area (Å²) in [5, 5.41) is 12.2. The molecular formula is C21H30N2O. The molecule has 0 saturated carbocycles. The highest BCUT2D eigenvalue weighted by atomic mass is 16.3. The molecule has 1 N–H and O–H groups in total. The zero-order valence-corrected chi connectivity index (χ0v) is 14.9. The van der Waals surface area contributed by atoms with Crippen LogP contribution in [0, 0.1) is 6.92 Å². The second kappa shape index (κ2) is 6.89. The van der Waals surface area contributed by atoms with Gasteiger partial charge in [-0.3, -0.25) is 0 Å². The quantitative estimate of drug-likeness (QED) is 0.928. The highest BCUT2D eigenvalue weighted by molar-refractivity contribution is 5.86. The highest BCUT2D eigenvalue weighted by Crippen LogP contribution is 2.33. The molecule has 0 bridgehead atoms. The van der Waals surface area contributed by atoms with Crippen LogP contribution in [0.15, 0.2) is 18.2 Å². The molecule has 1 fully saturated rings. The summed E-state index contributed by atoms with van der Waals surface area (Å²) >= 11 is 0. The van der Waals surface area contributed by atoms with E-state index in [1.807, 2.05) is 0 Å². The normalized spacial score (nSPS) is 20.2. The summed E-state index contributed by atoms with van der Waals surface area (Å²) in [7, 11) is 0. The topological polar surface area (TPSA) is 28.4 Å². The maximum Gasteiger partial charge on any atom is 0.0845 e. The smallest absolute Gasteiger partial charge is 0.0845 e. The van der Waals surface area contributed by atoms with Crippen LogP contribution in [-0.4, -0.2) is 40.3 Å². The molecule has 0 radical (unpaired) electrons. The Morgan fingerprint density at radius 2 is 1.79 bits per heavy atom. The lowest BCUT2D eigenvalue weighted by atomic mass is 9.95. The third-order valence-corrected chi connectivity index (χ3v) is 5.84. The monoisotopic (exact) mass is 326 g/mol. The number of β-amino-alcohol motifs (C(OH)–C–C–N with tert-alkyl or cyclic N) is 1. The first kappa shape index (κ1) is 16.2. The van der Waals surface area contributed by atoms with Crippen molar-refractivity contribution < 1.29 is 5.11 Å². The molecule has 0 unspecified atom stereocenters. The number of fused-ring (bicyclic) bond motifs is 3. The molecule has 2 aliphatic rings. The number of rotatable bonds is 4. The van der Waals surface area contributed by atoms with Crippen molar-refractivity contribution in [1.82, 2.24) is 9.47 Å². The van der Waals surface area contributed by atoms with Gasteiger partial charge in [0, 0.05) is 23.1 Å². The van der Waals surface area contributed by atoms with E-state index in [4.69, 9.17) is 0 Å². The Labute approximate surface area is 145 Å². The number of hydrogen-bond donors (Lipinski definition) is 1. The van der Waals surface area contributed by atoms with Gasteiger partial charge in [0.15, 0.2) is 0 Å². The van der Waals surface area contributed by atoms with Gasteiger partial charge in [0.05, 0.1) is 12.6 Å². The largest absolute Gasteiger partial charge is 0.390 e. The van der Waals surface area contributed by atoms with Crippen molar-refractivity contribution in [3.8, 4) is 0 Å². The van der Waals surface area contributed by atoms with Gasteiger partial charge in [-0.2, -0.15) is 0 Å². The molecule has 3 heteroatoms. The SMILES string of the molecule is Cc1ccc2c(c1)c1c(n2C[C@H](O)CN2CCCCC2)CCCC1. The second-order valence-corrected chi connectivity index (χ2v) is 7.78. The number of likely N-dealkylation sites (tertiary alicyclic amines) is 1. The third kappa shape index (κ3) is 3.12. The van der Waals surface area contributed by atoms with Crippen molar-refractivity contribution in [1.29, 1.82) is 0 Å². The molecule has 0 amide bonds. The van der Waals surface area contributed by atoms with Crippen molar-refractivity contribution in [2.75, 3.05) is 19.6 Å². The number of nitrogens with zero attached hydrogens (tertiary/aromatic N) is 2. The van der Waals surface area contributed by atoms with Gasteiger partial charge >= 0.3 is 0 Å². The van der Waals surface area contributed by atoms with Crippen LogP contribution in [-0.2, 0) is 19.4 Å². The molecule has 130 valence electrons. The zero-order valence-electron chi connectivity index (χ0n) is 14.9. The number of hydrogen-bond acceptors (Lipinski definition) is 2. The fourth-order valence-electron chi connectivity index (χ4n) is 4.67. The predicted molar refractivity (Wildman–Crippen MR) is 99.6 cm³/mol. The predicted octanol–water partition coefficient (Wildman–Crippen LogP) is 3.68. The first-order valence-electron chi connectivity index (χ1n) is 9.73. The van der Waals surface area contributed by atoms with E-state index in [0.717, 1.165) is 26.2 Å². The Kier molecular flexibility index (Phi) is 4.64. The minimum absolute atomic E-state index is 0.272. The molecule has 24 heavy (non-hydrogen) atoms. The van der Waals surface area contributed by atoms with Crippen molar-refractivity contribution in [2.24, 2.45) is 0 Å². The molecule has 1 aromatic carbocycles. The van der Waals surface area contributed by atoms with Gasteiger partial charge < -0.3 is 14.6 Å². The summed E-state index contributed by atoms with van der Waals surface area (Å²) in [5.41, 5.74) is 5.69. The number of aromatic nitrogens is 1. The Morgan fingerprint density at radius 3 is 2.62 bits per heavy atom. The maximum atomic E-state index is 10.7. The van der Waals surface area contributed by atoms with Crippen molar-refractivity contribution >= 4 is 10.9 Å². The Morgan fingerprint density at radius 1 is 1.00 bits per heavy atom. The molecule has 2 aromatic rings. The third-order valence-electron chi connectivity index (χ3n) is 5.84. The van der Waals surface area contributed by atoms with Crippen LogP contribution >= 0.6 is 0 Å². The molecular weight excluding hydrogens is 296 g/mol. The van der Waals surface area contributed by atoms with E-state index < -0.39 is 0 Å². The number of piperidine rings is 1. The van der Waals surface area contributed by atoms with Gasteiger partial charge in [0.2, 0.25) is 0 Å². The Balaban J connectivity index is 1.61. The van der Waals surface area contributed by atoms with Crippen LogP contribution in [0.2, 0.25) is 0 Å². The van der Waals surface area contributed by atoms with Crippen molar-refractivity contribution in [3.63, 3.8) is 0 Å². The first-order valence-corrected chi connectivity index (χ1v) is 9.73. The average Bonchev–Trinajstić information content (AvgIpc) is 2.89. The van der Waals surface area contributed by atoms with Gasteiger partial charge in [-0.1, -0.05) is 18.1 Å². The van der Waals surface area contributed by atoms with E-state index >= 15 is 0 Å². The summed E-state index contributed by atoms with van der Waals surface area (Å²) in [6.45, 7) is 6.05. The lowest BCUT2D eigenvalue weighted by Gasteiger charge is -2.29. The molecule has 1 aliphatic carbocycles. The average molecular weight is 326 g/mol. The van der Waals surface area contributed by atoms with Gasteiger partial charge in [-0.15, -0.1) is 0 Å². The van der Waals surface area contributed by atoms with E-state index in [2.05, 4.69) is 34.6 Å². The number of aliphatic hydroxyl groups excluding tert-OH is 1. The number of benzene rings is 1. The van der Waals surface area contributed by atoms with Crippen LogP contribution in [0.3, 0.4) is 0 Å². The minimum Gasteiger partial charge on any atom is -0.390 e. The van der Waals surface area contributed by atoms with Gasteiger partial charge in [0.25, 0.3) is 0 Å². The molecule has 3 nitrogen and oxygen atoms in total. The lowest BCUT2D eigenvalue weighted by molar-refractivity contribution is 0.0886. The van der Waals surface area contributed by atoms with E-state index in [0.29, 0.717) is 0 Å². The van der Waals surface area contributed by atoms with Gasteiger partial charge in [0.1, 0.15) is 0 Å². The fourth-order valence-corrected chi connectivity index (χ4v) is 4.67. The zero-order chi connectivity index (χ0) is 16.5. The van der Waals surface area contributed by atoms with E-state index in [1.54, 1.807) is 5.56 Å². The second-order valence-electron chi connectivity index (χ2n) is 7.78. The summed E-state index contributed by atoms with van der Waals surface area (Å²) in [6.07, 6.45) is 8.60. The van der Waals surface area contributed by atoms with Crippen molar-refractivity contribution in [3.05, 3.63) is 35.0 Å². The van der Waals surface area contributed by atoms with Gasteiger partial charge in [-0.25, -0.2) is 0 Å². The molecule has 1 atom stereocenters. The molecule has 1 saturated heterocycles. The van der Waals surface area contributed by atoms with Crippen molar-refractivity contribution in [2.45, 2.75) is 64.5 Å². The molecule has 0 spiro atoms. The number of aliphatic hydroxyl groups is 1. The van der Waals surface area contributed by atoms with Crippen LogP contribution in [0.5, 0.6) is 0 Å². The van der Waals surface area contributed by atoms with Crippen LogP contribution < -0.4 is 0 Å². The summed E-state index contributed by atoms with van der Waals surface area (Å²) in [4.78, 5) is 2.44. The lowest BCUT2D eigenvalue weighted by Crippen LogP contribution is -2.38. The van der Waals surface area contributed by atoms with Gasteiger partial charge in [-0.05, 0) is 76.2 Å². The molecule has 4 rings (SSSR count). The number of aryl methyl sites for hydroxylation is 2.